The van der Waals surface area contributed by atoms with Crippen LogP contribution in [0.15, 0.2) is 65.2 Å². The fourth-order valence-corrected chi connectivity index (χ4v) is 4.03. The average Bonchev–Trinajstić information content (AvgIpc) is 3.37. The molecule has 3 aromatic rings. The summed E-state index contributed by atoms with van der Waals surface area (Å²) in [6.45, 7) is 1.55. The Kier molecular flexibility index (Phi) is 5.97. The van der Waals surface area contributed by atoms with E-state index in [9.17, 15) is 10.1 Å². The van der Waals surface area contributed by atoms with Gasteiger partial charge in [-0.05, 0) is 50.6 Å². The highest BCUT2D eigenvalue weighted by molar-refractivity contribution is 7.80. The number of nitro benzene ring substituents is 1. The molecule has 0 aliphatic carbocycles. The van der Waals surface area contributed by atoms with Crippen molar-refractivity contribution in [1.29, 1.82) is 0 Å². The van der Waals surface area contributed by atoms with Gasteiger partial charge >= 0.3 is 0 Å². The van der Waals surface area contributed by atoms with Gasteiger partial charge in [0.15, 0.2) is 5.11 Å². The lowest BCUT2D eigenvalue weighted by atomic mass is 10.0. The number of non-ortho nitro benzene ring substituents is 1. The van der Waals surface area contributed by atoms with Crippen molar-refractivity contribution in [1.82, 2.24) is 20.1 Å². The first-order chi connectivity index (χ1) is 14.9. The number of likely N-dealkylation sites (N-methyl/N-ethyl adjacent to an activating group) is 1. The highest BCUT2D eigenvalue weighted by atomic mass is 32.1. The van der Waals surface area contributed by atoms with E-state index in [-0.39, 0.29) is 17.8 Å². The number of furan rings is 1. The summed E-state index contributed by atoms with van der Waals surface area (Å²) in [5.41, 5.74) is 1.55. The first-order valence-corrected chi connectivity index (χ1v) is 10.3. The van der Waals surface area contributed by atoms with Gasteiger partial charge in [0, 0.05) is 37.0 Å². The van der Waals surface area contributed by atoms with Crippen molar-refractivity contribution in [3.8, 4) is 11.3 Å². The Balaban J connectivity index is 1.70. The van der Waals surface area contributed by atoms with Crippen molar-refractivity contribution in [3.63, 3.8) is 0 Å². The molecule has 1 aromatic carbocycles. The molecule has 0 unspecified atom stereocenters. The quantitative estimate of drug-likeness (QED) is 0.339. The molecule has 1 aliphatic heterocycles. The molecular weight excluding hydrogens is 414 g/mol. The second kappa shape index (κ2) is 8.83. The minimum Gasteiger partial charge on any atom is -0.459 e. The van der Waals surface area contributed by atoms with Gasteiger partial charge in [-0.15, -0.1) is 0 Å². The Labute approximate surface area is 185 Å². The van der Waals surface area contributed by atoms with E-state index in [1.54, 1.807) is 18.3 Å². The van der Waals surface area contributed by atoms with E-state index in [2.05, 4.69) is 20.1 Å². The van der Waals surface area contributed by atoms with Crippen molar-refractivity contribution >= 4 is 23.0 Å². The lowest BCUT2D eigenvalue weighted by Crippen LogP contribution is -2.35. The van der Waals surface area contributed by atoms with Crippen LogP contribution >= 0.6 is 12.2 Å². The predicted molar refractivity (Wildman–Crippen MR) is 122 cm³/mol. The lowest BCUT2D eigenvalue weighted by Gasteiger charge is -2.27. The summed E-state index contributed by atoms with van der Waals surface area (Å²) < 4.78 is 6.22. The van der Waals surface area contributed by atoms with Gasteiger partial charge in [0.25, 0.3) is 5.69 Å². The standard InChI is InChI=1S/C22H23N5O3S/c1-25(2)12-13-26-21(20(24-22(26)31)17-8-3-4-11-23-17)19-10-9-18(30-19)15-6-5-7-16(14-15)27(28)29/h3-11,14,20-21H,12-13H2,1-2H3,(H,24,31)/t20-,21+/m1/s1. The van der Waals surface area contributed by atoms with Crippen LogP contribution in [-0.2, 0) is 0 Å². The van der Waals surface area contributed by atoms with Crippen LogP contribution < -0.4 is 5.32 Å². The Bertz CT molecular complexity index is 1090. The van der Waals surface area contributed by atoms with Crippen LogP contribution in [0.25, 0.3) is 11.3 Å². The molecule has 1 aliphatic rings. The second-order valence-electron chi connectivity index (χ2n) is 7.63. The zero-order valence-electron chi connectivity index (χ0n) is 17.3. The van der Waals surface area contributed by atoms with Crippen molar-refractivity contribution in [2.24, 2.45) is 0 Å². The molecule has 0 spiro atoms. The first kappa shape index (κ1) is 21.0. The van der Waals surface area contributed by atoms with Crippen LogP contribution in [0.2, 0.25) is 0 Å². The second-order valence-corrected chi connectivity index (χ2v) is 8.02. The third kappa shape index (κ3) is 4.42. The van der Waals surface area contributed by atoms with Crippen LogP contribution in [0, 0.1) is 10.1 Å². The lowest BCUT2D eigenvalue weighted by molar-refractivity contribution is -0.384. The van der Waals surface area contributed by atoms with E-state index in [0.717, 1.165) is 24.5 Å². The number of nitrogens with one attached hydrogen (secondary N) is 1. The fourth-order valence-electron chi connectivity index (χ4n) is 3.70. The van der Waals surface area contributed by atoms with E-state index in [1.165, 1.54) is 12.1 Å². The van der Waals surface area contributed by atoms with Crippen molar-refractivity contribution in [3.05, 3.63) is 82.4 Å². The number of hydrogen-bond acceptors (Lipinski definition) is 6. The van der Waals surface area contributed by atoms with Crippen molar-refractivity contribution < 1.29 is 9.34 Å². The minimum atomic E-state index is -0.410. The molecule has 160 valence electrons. The molecule has 0 amide bonds. The van der Waals surface area contributed by atoms with Gasteiger partial charge in [0.2, 0.25) is 0 Å². The summed E-state index contributed by atoms with van der Waals surface area (Å²) in [6, 6.07) is 15.6. The predicted octanol–water partition coefficient (Wildman–Crippen LogP) is 3.78. The zero-order valence-corrected chi connectivity index (χ0v) is 18.1. The van der Waals surface area contributed by atoms with Crippen LogP contribution in [0.1, 0.15) is 23.5 Å². The summed E-state index contributed by atoms with van der Waals surface area (Å²) in [5.74, 6) is 1.30. The van der Waals surface area contributed by atoms with Crippen LogP contribution in [-0.4, -0.2) is 52.0 Å². The molecule has 1 saturated heterocycles. The number of pyridine rings is 1. The summed E-state index contributed by atoms with van der Waals surface area (Å²) in [4.78, 5) is 19.5. The Hall–Kier alpha value is -3.30. The van der Waals surface area contributed by atoms with Crippen molar-refractivity contribution in [2.45, 2.75) is 12.1 Å². The summed E-state index contributed by atoms with van der Waals surface area (Å²) in [6.07, 6.45) is 1.76. The summed E-state index contributed by atoms with van der Waals surface area (Å²) >= 11 is 5.64. The SMILES string of the molecule is CN(C)CCN1C(=S)N[C@H](c2ccccn2)[C@@H]1c1ccc(-c2cccc([N+](=O)[O-])c2)o1. The number of nitro groups is 1. The molecule has 8 nitrogen and oxygen atoms in total. The normalized spacial score (nSPS) is 18.4. The maximum atomic E-state index is 11.1. The monoisotopic (exact) mass is 437 g/mol. The Morgan fingerprint density at radius 2 is 2.06 bits per heavy atom. The number of hydrogen-bond donors (Lipinski definition) is 1. The highest BCUT2D eigenvalue weighted by Gasteiger charge is 2.41. The third-order valence-corrected chi connectivity index (χ3v) is 5.60. The maximum absolute atomic E-state index is 11.1. The molecule has 0 saturated carbocycles. The molecule has 1 N–H and O–H groups in total. The number of nitrogens with zero attached hydrogens (tertiary/aromatic N) is 4. The molecule has 9 heteroatoms. The summed E-state index contributed by atoms with van der Waals surface area (Å²) in [7, 11) is 4.04. The molecule has 4 rings (SSSR count). The molecule has 2 atom stereocenters. The van der Waals surface area contributed by atoms with Gasteiger partial charge in [-0.1, -0.05) is 18.2 Å². The topological polar surface area (TPSA) is 87.7 Å². The van der Waals surface area contributed by atoms with Crippen LogP contribution in [0.5, 0.6) is 0 Å². The number of aromatic nitrogens is 1. The van der Waals surface area contributed by atoms with Crippen molar-refractivity contribution in [2.75, 3.05) is 27.2 Å². The highest BCUT2D eigenvalue weighted by Crippen LogP contribution is 2.40. The van der Waals surface area contributed by atoms with Gasteiger partial charge in [-0.25, -0.2) is 0 Å². The van der Waals surface area contributed by atoms with Gasteiger partial charge in [0.05, 0.1) is 16.7 Å². The van der Waals surface area contributed by atoms with Gasteiger partial charge in [0.1, 0.15) is 17.6 Å². The van der Waals surface area contributed by atoms with Crippen LogP contribution in [0.3, 0.4) is 0 Å². The number of thiocarbonyl (C=S) groups is 1. The third-order valence-electron chi connectivity index (χ3n) is 5.25. The van der Waals surface area contributed by atoms with Crippen LogP contribution in [0.4, 0.5) is 5.69 Å². The largest absolute Gasteiger partial charge is 0.459 e. The molecule has 1 fully saturated rings. The van der Waals surface area contributed by atoms with E-state index < -0.39 is 4.92 Å². The van der Waals surface area contributed by atoms with E-state index in [4.69, 9.17) is 16.6 Å². The Morgan fingerprint density at radius 1 is 1.23 bits per heavy atom. The maximum Gasteiger partial charge on any atom is 0.270 e. The smallest absolute Gasteiger partial charge is 0.270 e. The molecule has 0 radical (unpaired) electrons. The molecule has 31 heavy (non-hydrogen) atoms. The molecule has 3 heterocycles. The fraction of sp³-hybridized carbons (Fsp3) is 0.273. The first-order valence-electron chi connectivity index (χ1n) is 9.91. The molecular formula is C22H23N5O3S. The van der Waals surface area contributed by atoms with E-state index in [1.807, 2.05) is 44.4 Å². The minimum absolute atomic E-state index is 0.0260. The summed E-state index contributed by atoms with van der Waals surface area (Å²) in [5, 5.41) is 15.2. The van der Waals surface area contributed by atoms with Gasteiger partial charge in [-0.3, -0.25) is 15.1 Å². The molecule has 0 bridgehead atoms. The van der Waals surface area contributed by atoms with E-state index in [0.29, 0.717) is 16.4 Å². The average molecular weight is 438 g/mol. The number of rotatable bonds is 7. The molecule has 2 aromatic heterocycles. The number of benzene rings is 1. The van der Waals surface area contributed by atoms with Gasteiger partial charge in [-0.2, -0.15) is 0 Å². The van der Waals surface area contributed by atoms with E-state index >= 15 is 0 Å². The Morgan fingerprint density at radius 3 is 2.77 bits per heavy atom. The zero-order chi connectivity index (χ0) is 22.0. The van der Waals surface area contributed by atoms with Gasteiger partial charge < -0.3 is 19.5 Å².